The first-order valence-electron chi connectivity index (χ1n) is 9.69. The van der Waals surface area contributed by atoms with Crippen LogP contribution in [-0.2, 0) is 4.43 Å². The highest BCUT2D eigenvalue weighted by Crippen LogP contribution is 2.49. The predicted octanol–water partition coefficient (Wildman–Crippen LogP) is 5.54. The summed E-state index contributed by atoms with van der Waals surface area (Å²) in [5.74, 6) is 0. The van der Waals surface area contributed by atoms with Crippen LogP contribution in [-0.4, -0.2) is 42.8 Å². The van der Waals surface area contributed by atoms with E-state index in [1.54, 1.807) is 0 Å². The second kappa shape index (κ2) is 7.67. The van der Waals surface area contributed by atoms with Crippen LogP contribution < -0.4 is 0 Å². The first-order valence-corrected chi connectivity index (χ1v) is 16.4. The van der Waals surface area contributed by atoms with Crippen LogP contribution in [0.4, 0.5) is 0 Å². The minimum atomic E-state index is -1.63. The van der Waals surface area contributed by atoms with E-state index in [1.165, 1.54) is 6.42 Å². The van der Waals surface area contributed by atoms with Crippen LogP contribution in [0.1, 0.15) is 75.2 Å². The van der Waals surface area contributed by atoms with Gasteiger partial charge in [0.2, 0.25) is 0 Å². The molecule has 0 amide bonds. The van der Waals surface area contributed by atoms with Gasteiger partial charge in [-0.15, -0.1) is 0 Å². The molecule has 0 aromatic rings. The maximum Gasteiger partial charge on any atom is 0.146 e. The lowest BCUT2D eigenvalue weighted by molar-refractivity contribution is 0.0895. The second-order valence-electron chi connectivity index (χ2n) is 11.2. The lowest BCUT2D eigenvalue weighted by Crippen LogP contribution is -2.71. The van der Waals surface area contributed by atoms with Crippen molar-refractivity contribution in [1.82, 2.24) is 4.23 Å². The van der Waals surface area contributed by atoms with Gasteiger partial charge in [0.25, 0.3) is 0 Å². The monoisotopic (exact) mass is 389 g/mol. The molecule has 0 heterocycles. The standard InChI is InChI=1S/C19H47NOSi3/c1-14-16(15-19(8,9)21-22)20(23(10,11)17(2,3)4)24(12,13)18(5,6)7/h16H,14-15H2,1-13,22H3. The molecule has 0 saturated carbocycles. The average Bonchev–Trinajstić information content (AvgIpc) is 2.34. The fourth-order valence-electron chi connectivity index (χ4n) is 3.40. The highest BCUT2D eigenvalue weighted by Gasteiger charge is 2.54. The van der Waals surface area contributed by atoms with Crippen LogP contribution in [0.15, 0.2) is 0 Å². The van der Waals surface area contributed by atoms with Crippen LogP contribution in [0, 0.1) is 0 Å². The molecule has 1 unspecified atom stereocenters. The van der Waals surface area contributed by atoms with Crippen molar-refractivity contribution in [3.05, 3.63) is 0 Å². The van der Waals surface area contributed by atoms with Gasteiger partial charge < -0.3 is 8.66 Å². The van der Waals surface area contributed by atoms with Crippen molar-refractivity contribution < 1.29 is 4.43 Å². The van der Waals surface area contributed by atoms with E-state index in [-0.39, 0.29) is 5.60 Å². The normalized spacial score (nSPS) is 16.8. The van der Waals surface area contributed by atoms with E-state index < -0.39 is 16.5 Å². The molecule has 1 atom stereocenters. The number of hydrogen-bond acceptors (Lipinski definition) is 2. The first kappa shape index (κ1) is 24.6. The molecule has 0 N–H and O–H groups in total. The lowest BCUT2D eigenvalue weighted by Gasteiger charge is -2.60. The van der Waals surface area contributed by atoms with Gasteiger partial charge in [-0.25, -0.2) is 0 Å². The Hall–Kier alpha value is 0.571. The summed E-state index contributed by atoms with van der Waals surface area (Å²) in [7, 11) is -2.43. The van der Waals surface area contributed by atoms with Crippen molar-refractivity contribution in [3.8, 4) is 0 Å². The zero-order chi connectivity index (χ0) is 19.8. The summed E-state index contributed by atoms with van der Waals surface area (Å²) in [6.45, 7) is 32.1. The summed E-state index contributed by atoms with van der Waals surface area (Å²) < 4.78 is 9.06. The molecule has 2 nitrogen and oxygen atoms in total. The third-order valence-corrected chi connectivity index (χ3v) is 21.9. The molecule has 0 aromatic carbocycles. The van der Waals surface area contributed by atoms with Gasteiger partial charge in [-0.1, -0.05) is 74.7 Å². The third-order valence-electron chi connectivity index (χ3n) is 6.99. The van der Waals surface area contributed by atoms with Gasteiger partial charge >= 0.3 is 0 Å². The zero-order valence-corrected chi connectivity index (χ0v) is 23.3. The minimum Gasteiger partial charge on any atom is -0.423 e. The first-order chi connectivity index (χ1) is 10.3. The molecule has 0 aromatic heterocycles. The van der Waals surface area contributed by atoms with Gasteiger partial charge in [0.05, 0.1) is 5.60 Å². The smallest absolute Gasteiger partial charge is 0.146 e. The van der Waals surface area contributed by atoms with Crippen LogP contribution in [0.25, 0.3) is 0 Å². The Balaban J connectivity index is 6.25. The quantitative estimate of drug-likeness (QED) is 0.530. The molecule has 0 fully saturated rings. The summed E-state index contributed by atoms with van der Waals surface area (Å²) in [5, 5.41) is 0.726. The van der Waals surface area contributed by atoms with Gasteiger partial charge in [-0.2, -0.15) is 0 Å². The summed E-state index contributed by atoms with van der Waals surface area (Å²) >= 11 is 0. The molecule has 5 heteroatoms. The van der Waals surface area contributed by atoms with Gasteiger partial charge in [0.15, 0.2) is 0 Å². The Kier molecular flexibility index (Phi) is 7.85. The molecule has 0 saturated heterocycles. The SMILES string of the molecule is CCC(CC(C)(C)O[SiH3])N([Si](C)(C)C(C)(C)C)[Si](C)(C)C(C)(C)C. The molecule has 0 spiro atoms. The van der Waals surface area contributed by atoms with Crippen LogP contribution >= 0.6 is 0 Å². The van der Waals surface area contributed by atoms with Crippen molar-refractivity contribution in [2.24, 2.45) is 0 Å². The van der Waals surface area contributed by atoms with Crippen LogP contribution in [0.2, 0.25) is 36.3 Å². The Morgan fingerprint density at radius 3 is 1.38 bits per heavy atom. The number of nitrogens with zero attached hydrogens (tertiary/aromatic N) is 1. The molecule has 0 rings (SSSR count). The topological polar surface area (TPSA) is 12.5 Å². The van der Waals surface area contributed by atoms with E-state index in [9.17, 15) is 0 Å². The molecule has 146 valence electrons. The summed E-state index contributed by atoms with van der Waals surface area (Å²) in [6.07, 6.45) is 2.36. The van der Waals surface area contributed by atoms with E-state index in [2.05, 4.69) is 92.7 Å². The molecule has 0 aliphatic carbocycles. The molecule has 0 radical (unpaired) electrons. The maximum absolute atomic E-state index is 5.96. The Morgan fingerprint density at radius 1 is 0.833 bits per heavy atom. The molecule has 0 aliphatic rings. The molecule has 24 heavy (non-hydrogen) atoms. The predicted molar refractivity (Wildman–Crippen MR) is 120 cm³/mol. The largest absolute Gasteiger partial charge is 0.423 e. The zero-order valence-electron chi connectivity index (χ0n) is 19.3. The molecule has 0 aliphatic heterocycles. The van der Waals surface area contributed by atoms with Crippen molar-refractivity contribution in [2.75, 3.05) is 0 Å². The summed E-state index contributed by atoms with van der Waals surface area (Å²) in [4.78, 5) is 0. The van der Waals surface area contributed by atoms with Crippen molar-refractivity contribution in [1.29, 1.82) is 0 Å². The van der Waals surface area contributed by atoms with E-state index >= 15 is 0 Å². The highest BCUT2D eigenvalue weighted by atomic mass is 28.4. The highest BCUT2D eigenvalue weighted by molar-refractivity contribution is 6.93. The Labute approximate surface area is 158 Å². The Bertz CT molecular complexity index is 380. The van der Waals surface area contributed by atoms with E-state index in [1.807, 2.05) is 0 Å². The van der Waals surface area contributed by atoms with E-state index in [4.69, 9.17) is 4.43 Å². The number of hydrogen-bond donors (Lipinski definition) is 0. The van der Waals surface area contributed by atoms with Gasteiger partial charge in [0, 0.05) is 0 Å². The number of rotatable bonds is 7. The third kappa shape index (κ3) is 5.29. The van der Waals surface area contributed by atoms with Gasteiger partial charge in [-0.05, 0) is 42.8 Å². The van der Waals surface area contributed by atoms with Gasteiger partial charge in [0.1, 0.15) is 27.0 Å². The lowest BCUT2D eigenvalue weighted by atomic mass is 9.98. The molecular weight excluding hydrogens is 342 g/mol. The van der Waals surface area contributed by atoms with E-state index in [0.29, 0.717) is 16.1 Å². The van der Waals surface area contributed by atoms with Crippen molar-refractivity contribution in [2.45, 2.75) is 123 Å². The average molecular weight is 390 g/mol. The fourth-order valence-corrected chi connectivity index (χ4v) is 15.0. The van der Waals surface area contributed by atoms with E-state index in [0.717, 1.165) is 16.9 Å². The molecule has 0 bridgehead atoms. The maximum atomic E-state index is 5.96. The Morgan fingerprint density at radius 2 is 1.17 bits per heavy atom. The van der Waals surface area contributed by atoms with Crippen molar-refractivity contribution in [3.63, 3.8) is 0 Å². The summed E-state index contributed by atoms with van der Waals surface area (Å²) in [5.41, 5.74) is -0.00409. The van der Waals surface area contributed by atoms with Crippen molar-refractivity contribution >= 4 is 27.0 Å². The molecular formula is C19H47NOSi3. The summed E-state index contributed by atoms with van der Waals surface area (Å²) in [6, 6.07) is 0.621. The van der Waals surface area contributed by atoms with Crippen LogP contribution in [0.3, 0.4) is 0 Å². The van der Waals surface area contributed by atoms with Crippen LogP contribution in [0.5, 0.6) is 0 Å². The second-order valence-corrected chi connectivity index (χ2v) is 22.3. The van der Waals surface area contributed by atoms with Gasteiger partial charge in [-0.3, -0.25) is 0 Å². The minimum absolute atomic E-state index is 0.00409. The fraction of sp³-hybridized carbons (Fsp3) is 1.00.